The second-order valence-corrected chi connectivity index (χ2v) is 11.0. The molecule has 0 radical (unpaired) electrons. The maximum absolute atomic E-state index is 11.9. The molecular weight excluding hydrogens is 386 g/mol. The molecule has 1 N–H and O–H groups in total. The number of benzene rings is 1. The molecule has 1 amide bonds. The van der Waals surface area contributed by atoms with Gasteiger partial charge in [-0.25, -0.2) is 13.1 Å². The van der Waals surface area contributed by atoms with Crippen LogP contribution in [0.3, 0.4) is 0 Å². The number of amides is 1. The monoisotopic (exact) mass is 411 g/mol. The maximum atomic E-state index is 11.9. The Labute approximate surface area is 165 Å². The Hall–Kier alpha value is -1.27. The van der Waals surface area contributed by atoms with Gasteiger partial charge in [-0.15, -0.1) is 0 Å². The summed E-state index contributed by atoms with van der Waals surface area (Å²) < 4.78 is 30.2. The van der Waals surface area contributed by atoms with Gasteiger partial charge in [0.05, 0.1) is 17.9 Å². The Morgan fingerprint density at radius 1 is 1.19 bits per heavy atom. The van der Waals surface area contributed by atoms with E-state index in [2.05, 4.69) is 0 Å². The Morgan fingerprint density at radius 2 is 1.78 bits per heavy atom. The minimum Gasteiger partial charge on any atom is -0.492 e. The number of hydrogen-bond acceptors (Lipinski definition) is 4. The number of halogens is 1. The molecule has 4 aliphatic rings. The predicted molar refractivity (Wildman–Crippen MR) is 104 cm³/mol. The van der Waals surface area contributed by atoms with E-state index in [9.17, 15) is 13.2 Å². The van der Waals surface area contributed by atoms with Crippen LogP contribution in [0.5, 0.6) is 5.75 Å². The minimum absolute atomic E-state index is 0.193. The van der Waals surface area contributed by atoms with Gasteiger partial charge in [0.15, 0.2) is 0 Å². The highest BCUT2D eigenvalue weighted by molar-refractivity contribution is 7.89. The summed E-state index contributed by atoms with van der Waals surface area (Å²) in [6, 6.07) is 4.62. The molecule has 27 heavy (non-hydrogen) atoms. The number of hydrogen-bond donors (Lipinski definition) is 1. The Bertz CT molecular complexity index is 816. The molecule has 0 aliphatic heterocycles. The summed E-state index contributed by atoms with van der Waals surface area (Å²) in [5.74, 6) is 2.62. The van der Waals surface area contributed by atoms with Crippen molar-refractivity contribution in [3.8, 4) is 5.75 Å². The third kappa shape index (κ3) is 4.27. The third-order valence-corrected chi connectivity index (χ3v) is 7.38. The van der Waals surface area contributed by atoms with E-state index < -0.39 is 15.9 Å². The van der Waals surface area contributed by atoms with E-state index >= 15 is 0 Å². The lowest BCUT2D eigenvalue weighted by atomic mass is 9.49. The van der Waals surface area contributed by atoms with E-state index in [1.807, 2.05) is 4.72 Å². The molecule has 0 aromatic heterocycles. The molecule has 4 bridgehead atoms. The molecule has 0 heterocycles. The number of carbonyl (C=O) groups excluding carboxylic acids is 1. The van der Waals surface area contributed by atoms with Crippen molar-refractivity contribution in [2.75, 3.05) is 12.9 Å². The maximum Gasteiger partial charge on any atom is 0.264 e. The zero-order valence-electron chi connectivity index (χ0n) is 15.5. The normalized spacial score (nSPS) is 31.7. The fourth-order valence-electron chi connectivity index (χ4n) is 5.96. The molecule has 5 rings (SSSR count). The predicted octanol–water partition coefficient (Wildman–Crippen LogP) is 4.01. The number of nitrogens with one attached hydrogen (secondary N) is 1. The van der Waals surface area contributed by atoms with Gasteiger partial charge in [-0.1, -0.05) is 11.6 Å². The molecule has 0 spiro atoms. The summed E-state index contributed by atoms with van der Waals surface area (Å²) in [7, 11) is -3.60. The molecule has 0 saturated heterocycles. The van der Waals surface area contributed by atoms with Crippen LogP contribution in [0.25, 0.3) is 0 Å². The Kier molecular flexibility index (Phi) is 4.91. The van der Waals surface area contributed by atoms with Gasteiger partial charge in [0, 0.05) is 5.56 Å². The highest BCUT2D eigenvalue weighted by Gasteiger charge is 2.50. The first kappa shape index (κ1) is 19.1. The molecule has 4 fully saturated rings. The fourth-order valence-corrected chi connectivity index (χ4v) is 6.65. The van der Waals surface area contributed by atoms with E-state index in [1.165, 1.54) is 50.7 Å². The SMILES string of the molecule is CS(=O)(=O)NC(=O)c1ccc(OCCC23CC4CC(CC(C4)C2)C3)c(Cl)c1. The van der Waals surface area contributed by atoms with Crippen molar-refractivity contribution in [1.29, 1.82) is 0 Å². The van der Waals surface area contributed by atoms with E-state index in [4.69, 9.17) is 16.3 Å². The topological polar surface area (TPSA) is 72.5 Å². The van der Waals surface area contributed by atoms with Crippen LogP contribution >= 0.6 is 11.6 Å². The highest BCUT2D eigenvalue weighted by Crippen LogP contribution is 2.61. The first-order valence-electron chi connectivity index (χ1n) is 9.66. The minimum atomic E-state index is -3.60. The first-order valence-corrected chi connectivity index (χ1v) is 11.9. The standard InChI is InChI=1S/C20H26ClNO4S/c1-27(24,25)22-19(23)16-2-3-18(17(21)9-16)26-5-4-20-10-13-6-14(11-20)8-15(7-13)12-20/h2-3,9,13-15H,4-8,10-12H2,1H3,(H,22,23). The zero-order valence-corrected chi connectivity index (χ0v) is 17.1. The van der Waals surface area contributed by atoms with Crippen LogP contribution in [0, 0.1) is 23.2 Å². The lowest BCUT2D eigenvalue weighted by Gasteiger charge is -2.57. The van der Waals surface area contributed by atoms with Crippen molar-refractivity contribution in [3.05, 3.63) is 28.8 Å². The van der Waals surface area contributed by atoms with E-state index in [0.29, 0.717) is 22.8 Å². The summed E-state index contributed by atoms with van der Waals surface area (Å²) in [5.41, 5.74) is 0.648. The number of sulfonamides is 1. The molecule has 1 aromatic carbocycles. The lowest BCUT2D eigenvalue weighted by Crippen LogP contribution is -2.46. The Morgan fingerprint density at radius 3 is 2.30 bits per heavy atom. The fraction of sp³-hybridized carbons (Fsp3) is 0.650. The van der Waals surface area contributed by atoms with Crippen LogP contribution in [0.4, 0.5) is 0 Å². The molecule has 0 atom stereocenters. The quantitative estimate of drug-likeness (QED) is 0.767. The van der Waals surface area contributed by atoms with Gasteiger partial charge in [0.1, 0.15) is 5.75 Å². The molecule has 4 saturated carbocycles. The van der Waals surface area contributed by atoms with Crippen molar-refractivity contribution in [2.45, 2.75) is 44.9 Å². The summed E-state index contributed by atoms with van der Waals surface area (Å²) in [6.07, 6.45) is 10.3. The van der Waals surface area contributed by atoms with Crippen molar-refractivity contribution in [1.82, 2.24) is 4.72 Å². The largest absolute Gasteiger partial charge is 0.492 e. The molecule has 7 heteroatoms. The summed E-state index contributed by atoms with van der Waals surface area (Å²) >= 11 is 6.24. The molecule has 5 nitrogen and oxygen atoms in total. The smallest absolute Gasteiger partial charge is 0.264 e. The Balaban J connectivity index is 1.36. The van der Waals surface area contributed by atoms with Gasteiger partial charge in [0.25, 0.3) is 5.91 Å². The number of ether oxygens (including phenoxy) is 1. The van der Waals surface area contributed by atoms with Crippen LogP contribution in [-0.4, -0.2) is 27.2 Å². The van der Waals surface area contributed by atoms with E-state index in [0.717, 1.165) is 30.4 Å². The first-order chi connectivity index (χ1) is 12.7. The van der Waals surface area contributed by atoms with Crippen LogP contribution in [0.2, 0.25) is 5.02 Å². The van der Waals surface area contributed by atoms with Gasteiger partial charge >= 0.3 is 0 Å². The van der Waals surface area contributed by atoms with E-state index in [1.54, 1.807) is 6.07 Å². The molecule has 4 aliphatic carbocycles. The van der Waals surface area contributed by atoms with Gasteiger partial charge in [0.2, 0.25) is 10.0 Å². The summed E-state index contributed by atoms with van der Waals surface area (Å²) in [6.45, 7) is 0.626. The van der Waals surface area contributed by atoms with Gasteiger partial charge in [-0.05, 0) is 86.3 Å². The molecule has 0 unspecified atom stereocenters. The van der Waals surface area contributed by atoms with E-state index in [-0.39, 0.29) is 5.56 Å². The average molecular weight is 412 g/mol. The van der Waals surface area contributed by atoms with Crippen LogP contribution in [0.15, 0.2) is 18.2 Å². The summed E-state index contributed by atoms with van der Waals surface area (Å²) in [5, 5.41) is 0.321. The zero-order chi connectivity index (χ0) is 19.2. The number of carbonyl (C=O) groups is 1. The van der Waals surface area contributed by atoms with Crippen molar-refractivity contribution in [3.63, 3.8) is 0 Å². The molecule has 1 aromatic rings. The van der Waals surface area contributed by atoms with Crippen molar-refractivity contribution in [2.24, 2.45) is 23.2 Å². The summed E-state index contributed by atoms with van der Waals surface area (Å²) in [4.78, 5) is 11.9. The van der Waals surface area contributed by atoms with Gasteiger partial charge in [-0.3, -0.25) is 4.79 Å². The third-order valence-electron chi connectivity index (χ3n) is 6.53. The van der Waals surface area contributed by atoms with Crippen LogP contribution in [-0.2, 0) is 10.0 Å². The van der Waals surface area contributed by atoms with Crippen LogP contribution < -0.4 is 9.46 Å². The molecule has 148 valence electrons. The second kappa shape index (κ2) is 6.96. The second-order valence-electron chi connectivity index (χ2n) is 8.86. The average Bonchev–Trinajstić information content (AvgIpc) is 2.53. The van der Waals surface area contributed by atoms with Crippen LogP contribution in [0.1, 0.15) is 55.3 Å². The van der Waals surface area contributed by atoms with Gasteiger partial charge in [-0.2, -0.15) is 0 Å². The van der Waals surface area contributed by atoms with Crippen molar-refractivity contribution < 1.29 is 17.9 Å². The number of rotatable bonds is 6. The molecular formula is C20H26ClNO4S. The highest BCUT2D eigenvalue weighted by atomic mass is 35.5. The lowest BCUT2D eigenvalue weighted by molar-refractivity contribution is -0.0622. The van der Waals surface area contributed by atoms with Gasteiger partial charge < -0.3 is 4.74 Å². The van der Waals surface area contributed by atoms with Crippen molar-refractivity contribution >= 4 is 27.5 Å².